The minimum absolute atomic E-state index is 0.154. The molecule has 0 aromatic carbocycles. The van der Waals surface area contributed by atoms with Gasteiger partial charge in [-0.3, -0.25) is 0 Å². The standard InChI is InChI=1S/C22H34O3/c1-4-19(2)13-8-7-11-17-21(24)15-9-5-6-10-16-22(25)18-12-14-20(3)23/h5-11,13,15-16,19,21-22,24-25H,4,12,14,17-18H2,1-3H3/b6-5+,11-7-,13-8+,15-9+,16-10-/t19-,21+,22-/m1/s1. The van der Waals surface area contributed by atoms with Gasteiger partial charge in [0.15, 0.2) is 0 Å². The van der Waals surface area contributed by atoms with Gasteiger partial charge in [-0.25, -0.2) is 0 Å². The van der Waals surface area contributed by atoms with E-state index >= 15 is 0 Å². The molecule has 0 aliphatic heterocycles. The van der Waals surface area contributed by atoms with E-state index in [1.807, 2.05) is 30.4 Å². The van der Waals surface area contributed by atoms with E-state index in [0.717, 1.165) is 6.42 Å². The van der Waals surface area contributed by atoms with Gasteiger partial charge in [0.2, 0.25) is 0 Å². The Balaban J connectivity index is 3.95. The molecule has 0 radical (unpaired) electrons. The van der Waals surface area contributed by atoms with E-state index < -0.39 is 12.2 Å². The molecule has 0 saturated carbocycles. The van der Waals surface area contributed by atoms with E-state index in [1.54, 1.807) is 31.2 Å². The van der Waals surface area contributed by atoms with Gasteiger partial charge in [-0.05, 0) is 32.1 Å². The van der Waals surface area contributed by atoms with Gasteiger partial charge in [0.05, 0.1) is 12.2 Å². The third-order valence-corrected chi connectivity index (χ3v) is 3.74. The van der Waals surface area contributed by atoms with E-state index in [4.69, 9.17) is 0 Å². The van der Waals surface area contributed by atoms with Crippen molar-refractivity contribution in [1.29, 1.82) is 0 Å². The van der Waals surface area contributed by atoms with Gasteiger partial charge >= 0.3 is 0 Å². The molecule has 0 saturated heterocycles. The molecule has 0 aromatic rings. The van der Waals surface area contributed by atoms with Crippen LogP contribution in [0.2, 0.25) is 0 Å². The largest absolute Gasteiger partial charge is 0.389 e. The van der Waals surface area contributed by atoms with Crippen molar-refractivity contribution >= 4 is 5.78 Å². The van der Waals surface area contributed by atoms with Crippen molar-refractivity contribution in [3.8, 4) is 0 Å². The van der Waals surface area contributed by atoms with Crippen LogP contribution in [0.15, 0.2) is 60.8 Å². The van der Waals surface area contributed by atoms with Crippen molar-refractivity contribution in [2.75, 3.05) is 0 Å². The Morgan fingerprint density at radius 3 is 2.12 bits per heavy atom. The second kappa shape index (κ2) is 15.8. The molecule has 0 unspecified atom stereocenters. The summed E-state index contributed by atoms with van der Waals surface area (Å²) in [6.45, 7) is 5.89. The summed E-state index contributed by atoms with van der Waals surface area (Å²) in [4.78, 5) is 10.8. The number of hydrogen-bond donors (Lipinski definition) is 2. The molecule has 0 rings (SSSR count). The maximum atomic E-state index is 10.8. The van der Waals surface area contributed by atoms with Crippen LogP contribution in [0.4, 0.5) is 0 Å². The van der Waals surface area contributed by atoms with E-state index in [1.165, 1.54) is 0 Å². The highest BCUT2D eigenvalue weighted by Gasteiger charge is 1.99. The third-order valence-electron chi connectivity index (χ3n) is 3.74. The molecule has 3 nitrogen and oxygen atoms in total. The van der Waals surface area contributed by atoms with Crippen LogP contribution in [-0.2, 0) is 4.79 Å². The van der Waals surface area contributed by atoms with Gasteiger partial charge in [0, 0.05) is 6.42 Å². The van der Waals surface area contributed by atoms with E-state index in [-0.39, 0.29) is 5.78 Å². The lowest BCUT2D eigenvalue weighted by atomic mass is 10.1. The number of Topliss-reactive ketones (excluding diaryl/α,β-unsaturated/α-hetero) is 1. The Morgan fingerprint density at radius 1 is 0.920 bits per heavy atom. The Bertz CT molecular complexity index is 484. The Morgan fingerprint density at radius 2 is 1.52 bits per heavy atom. The number of carbonyl (C=O) groups excluding carboxylic acids is 1. The van der Waals surface area contributed by atoms with Crippen LogP contribution in [0.25, 0.3) is 0 Å². The smallest absolute Gasteiger partial charge is 0.129 e. The maximum absolute atomic E-state index is 10.8. The Labute approximate surface area is 153 Å². The van der Waals surface area contributed by atoms with Crippen LogP contribution in [0, 0.1) is 5.92 Å². The van der Waals surface area contributed by atoms with Crippen molar-refractivity contribution in [1.82, 2.24) is 0 Å². The van der Waals surface area contributed by atoms with Crippen LogP contribution in [0.3, 0.4) is 0 Å². The fourth-order valence-electron chi connectivity index (χ4n) is 1.93. The van der Waals surface area contributed by atoms with Crippen LogP contribution < -0.4 is 0 Å². The summed E-state index contributed by atoms with van der Waals surface area (Å²) in [5.41, 5.74) is 0. The third kappa shape index (κ3) is 16.9. The second-order valence-corrected chi connectivity index (χ2v) is 6.32. The maximum Gasteiger partial charge on any atom is 0.129 e. The number of hydrogen-bond acceptors (Lipinski definition) is 3. The van der Waals surface area contributed by atoms with Crippen molar-refractivity contribution in [2.45, 2.75) is 65.1 Å². The first-order valence-electron chi connectivity index (χ1n) is 9.16. The highest BCUT2D eigenvalue weighted by molar-refractivity contribution is 5.75. The lowest BCUT2D eigenvalue weighted by Crippen LogP contribution is -2.02. The molecule has 0 aliphatic carbocycles. The average molecular weight is 347 g/mol. The number of aliphatic hydroxyl groups excluding tert-OH is 2. The highest BCUT2D eigenvalue weighted by Crippen LogP contribution is 2.04. The molecule has 25 heavy (non-hydrogen) atoms. The SMILES string of the molecule is CC[C@@H](C)/C=C/C=C\C[C@@H](O)/C=C/C=C/C=C\[C@@H](O)CCCC(C)=O. The van der Waals surface area contributed by atoms with Gasteiger partial charge < -0.3 is 15.0 Å². The van der Waals surface area contributed by atoms with E-state index in [0.29, 0.717) is 31.6 Å². The second-order valence-electron chi connectivity index (χ2n) is 6.32. The van der Waals surface area contributed by atoms with Crippen molar-refractivity contribution in [3.05, 3.63) is 60.8 Å². The Kier molecular flexibility index (Phi) is 14.7. The minimum atomic E-state index is -0.521. The summed E-state index contributed by atoms with van der Waals surface area (Å²) in [6, 6.07) is 0. The average Bonchev–Trinajstić information content (AvgIpc) is 2.57. The summed E-state index contributed by atoms with van der Waals surface area (Å²) >= 11 is 0. The molecule has 0 aromatic heterocycles. The Hall–Kier alpha value is -1.71. The summed E-state index contributed by atoms with van der Waals surface area (Å²) in [6.07, 6.45) is 21.2. The topological polar surface area (TPSA) is 57.5 Å². The van der Waals surface area contributed by atoms with Crippen molar-refractivity contribution in [3.63, 3.8) is 0 Å². The number of carbonyl (C=O) groups is 1. The van der Waals surface area contributed by atoms with Gasteiger partial charge in [0.25, 0.3) is 0 Å². The molecule has 0 spiro atoms. The lowest BCUT2D eigenvalue weighted by molar-refractivity contribution is -0.117. The predicted molar refractivity (Wildman–Crippen MR) is 106 cm³/mol. The molecule has 3 atom stereocenters. The first-order chi connectivity index (χ1) is 12.0. The molecule has 0 aliphatic rings. The molecule has 0 amide bonds. The molecule has 2 N–H and O–H groups in total. The van der Waals surface area contributed by atoms with Gasteiger partial charge in [-0.2, -0.15) is 0 Å². The molecular weight excluding hydrogens is 312 g/mol. The molecule has 0 fully saturated rings. The zero-order valence-electron chi connectivity index (χ0n) is 15.8. The number of rotatable bonds is 13. The van der Waals surface area contributed by atoms with Crippen molar-refractivity contribution < 1.29 is 15.0 Å². The summed E-state index contributed by atoms with van der Waals surface area (Å²) < 4.78 is 0. The molecule has 0 heterocycles. The van der Waals surface area contributed by atoms with Crippen LogP contribution in [0.1, 0.15) is 52.9 Å². The van der Waals surface area contributed by atoms with Gasteiger partial charge in [0.1, 0.15) is 5.78 Å². The first-order valence-corrected chi connectivity index (χ1v) is 9.16. The van der Waals surface area contributed by atoms with Crippen LogP contribution in [-0.4, -0.2) is 28.2 Å². The predicted octanol–water partition coefficient (Wildman–Crippen LogP) is 4.68. The van der Waals surface area contributed by atoms with E-state index in [2.05, 4.69) is 19.9 Å². The van der Waals surface area contributed by atoms with Crippen LogP contribution >= 0.6 is 0 Å². The molecule has 3 heteroatoms. The monoisotopic (exact) mass is 346 g/mol. The minimum Gasteiger partial charge on any atom is -0.389 e. The molecule has 140 valence electrons. The summed E-state index contributed by atoms with van der Waals surface area (Å²) in [7, 11) is 0. The van der Waals surface area contributed by atoms with Gasteiger partial charge in [-0.15, -0.1) is 0 Å². The summed E-state index contributed by atoms with van der Waals surface area (Å²) in [5.74, 6) is 0.737. The quantitative estimate of drug-likeness (QED) is 0.476. The zero-order chi connectivity index (χ0) is 18.9. The summed E-state index contributed by atoms with van der Waals surface area (Å²) in [5, 5.41) is 19.5. The van der Waals surface area contributed by atoms with Crippen molar-refractivity contribution in [2.24, 2.45) is 5.92 Å². The lowest BCUT2D eigenvalue weighted by Gasteiger charge is -2.02. The normalized spacial score (nSPS) is 16.7. The number of aliphatic hydroxyl groups is 2. The zero-order valence-corrected chi connectivity index (χ0v) is 15.8. The fraction of sp³-hybridized carbons (Fsp3) is 0.500. The number of allylic oxidation sites excluding steroid dienone is 7. The van der Waals surface area contributed by atoms with Gasteiger partial charge in [-0.1, -0.05) is 81.0 Å². The number of ketones is 1. The van der Waals surface area contributed by atoms with Crippen LogP contribution in [0.5, 0.6) is 0 Å². The molecule has 0 bridgehead atoms. The molecular formula is C22H34O3. The highest BCUT2D eigenvalue weighted by atomic mass is 16.3. The van der Waals surface area contributed by atoms with E-state index in [9.17, 15) is 15.0 Å². The fourth-order valence-corrected chi connectivity index (χ4v) is 1.93. The first kappa shape index (κ1) is 23.3.